The molecule has 0 spiro atoms. The molecule has 0 radical (unpaired) electrons. The second kappa shape index (κ2) is 9.94. The summed E-state index contributed by atoms with van der Waals surface area (Å²) < 4.78 is 40.8. The number of nitrogens with one attached hydrogen (secondary N) is 2. The lowest BCUT2D eigenvalue weighted by molar-refractivity contribution is -0.137. The Hall–Kier alpha value is -3.25. The normalized spacial score (nSPS) is 12.6. The third kappa shape index (κ3) is 5.12. The summed E-state index contributed by atoms with van der Waals surface area (Å²) in [5.41, 5.74) is 3.22. The molecule has 1 amide bonds. The van der Waals surface area contributed by atoms with Crippen LogP contribution in [0.25, 0.3) is 10.9 Å². The molecule has 0 aliphatic rings. The summed E-state index contributed by atoms with van der Waals surface area (Å²) >= 11 is 5.86. The van der Waals surface area contributed by atoms with E-state index in [1.54, 1.807) is 12.3 Å². The molecule has 34 heavy (non-hydrogen) atoms. The number of aryl methyl sites for hydroxylation is 1. The summed E-state index contributed by atoms with van der Waals surface area (Å²) in [6, 6.07) is 19.2. The van der Waals surface area contributed by atoms with Crippen LogP contribution >= 0.6 is 11.6 Å². The molecule has 4 aromatic rings. The Morgan fingerprint density at radius 1 is 1.06 bits per heavy atom. The van der Waals surface area contributed by atoms with Crippen LogP contribution in [0.15, 0.2) is 72.9 Å². The lowest BCUT2D eigenvalue weighted by Crippen LogP contribution is -2.25. The van der Waals surface area contributed by atoms with Gasteiger partial charge in [0.2, 0.25) is 5.91 Å². The van der Waals surface area contributed by atoms with E-state index < -0.39 is 17.7 Å². The smallest absolute Gasteiger partial charge is 0.361 e. The van der Waals surface area contributed by atoms with Crippen LogP contribution in [0.1, 0.15) is 47.1 Å². The van der Waals surface area contributed by atoms with Crippen molar-refractivity contribution < 1.29 is 18.0 Å². The molecule has 1 heterocycles. The molecule has 3 nitrogen and oxygen atoms in total. The van der Waals surface area contributed by atoms with Gasteiger partial charge < -0.3 is 10.3 Å². The van der Waals surface area contributed by atoms with Gasteiger partial charge in [-0.1, -0.05) is 73.1 Å². The van der Waals surface area contributed by atoms with Crippen molar-refractivity contribution in [2.24, 2.45) is 0 Å². The molecular weight excluding hydrogens is 461 g/mol. The molecule has 0 saturated carbocycles. The van der Waals surface area contributed by atoms with Crippen LogP contribution < -0.4 is 5.32 Å². The zero-order chi connectivity index (χ0) is 24.3. The minimum atomic E-state index is -4.59. The lowest BCUT2D eigenvalue weighted by Gasteiger charge is -2.19. The first-order chi connectivity index (χ1) is 16.3. The van der Waals surface area contributed by atoms with Gasteiger partial charge in [-0.05, 0) is 40.8 Å². The number of hydrogen-bond acceptors (Lipinski definition) is 1. The van der Waals surface area contributed by atoms with Gasteiger partial charge in [0.1, 0.15) is 0 Å². The Balaban J connectivity index is 1.72. The standard InChI is InChI=1S/C27H24ClF3N2O/c1-2-18-9-6-10-20-22(16-33-26(18)20)21(14-25(34)32-15-17-7-4-3-5-8-17)19-11-12-24(28)23(13-19)27(29,30)31/h3-13,16,21,33H,2,14-15H2,1H3,(H,32,34). The Morgan fingerprint density at radius 2 is 1.82 bits per heavy atom. The maximum Gasteiger partial charge on any atom is 0.417 e. The number of carbonyl (C=O) groups excluding carboxylic acids is 1. The fourth-order valence-electron chi connectivity index (χ4n) is 4.26. The molecule has 0 aliphatic carbocycles. The van der Waals surface area contributed by atoms with Crippen LogP contribution in [0.5, 0.6) is 0 Å². The van der Waals surface area contributed by atoms with E-state index in [1.807, 2.05) is 55.5 Å². The third-order valence-electron chi connectivity index (χ3n) is 6.01. The van der Waals surface area contributed by atoms with E-state index in [4.69, 9.17) is 11.6 Å². The minimum absolute atomic E-state index is 0.00489. The number of rotatable bonds is 7. The average Bonchev–Trinajstić information content (AvgIpc) is 3.25. The van der Waals surface area contributed by atoms with E-state index in [1.165, 1.54) is 6.07 Å². The van der Waals surface area contributed by atoms with E-state index in [-0.39, 0.29) is 17.4 Å². The van der Waals surface area contributed by atoms with Crippen molar-refractivity contribution in [1.82, 2.24) is 10.3 Å². The predicted molar refractivity (Wildman–Crippen MR) is 129 cm³/mol. The topological polar surface area (TPSA) is 44.9 Å². The maximum atomic E-state index is 13.6. The van der Waals surface area contributed by atoms with Crippen molar-refractivity contribution in [3.63, 3.8) is 0 Å². The number of carbonyl (C=O) groups is 1. The Morgan fingerprint density at radius 3 is 2.53 bits per heavy atom. The van der Waals surface area contributed by atoms with Crippen LogP contribution in [-0.2, 0) is 23.9 Å². The van der Waals surface area contributed by atoms with Gasteiger partial charge in [0.25, 0.3) is 0 Å². The van der Waals surface area contributed by atoms with Crippen molar-refractivity contribution in [2.45, 2.75) is 38.4 Å². The van der Waals surface area contributed by atoms with Gasteiger partial charge in [-0.15, -0.1) is 0 Å². The molecular formula is C27H24ClF3N2O. The molecule has 1 unspecified atom stereocenters. The summed E-state index contributed by atoms with van der Waals surface area (Å²) in [5, 5.41) is 3.42. The van der Waals surface area contributed by atoms with Gasteiger partial charge in [-0.2, -0.15) is 13.2 Å². The van der Waals surface area contributed by atoms with Crippen LogP contribution in [0.3, 0.4) is 0 Å². The highest BCUT2D eigenvalue weighted by molar-refractivity contribution is 6.31. The lowest BCUT2D eigenvalue weighted by atomic mass is 9.86. The van der Waals surface area contributed by atoms with E-state index in [0.29, 0.717) is 12.1 Å². The number of alkyl halides is 3. The number of benzene rings is 3. The summed E-state index contributed by atoms with van der Waals surface area (Å²) in [6.45, 7) is 2.38. The zero-order valence-corrected chi connectivity index (χ0v) is 19.3. The summed E-state index contributed by atoms with van der Waals surface area (Å²) in [4.78, 5) is 16.2. The summed E-state index contributed by atoms with van der Waals surface area (Å²) in [6.07, 6.45) is -2.00. The SMILES string of the molecule is CCc1cccc2c(C(CC(=O)NCc3ccccc3)c3ccc(Cl)c(C(F)(F)F)c3)c[nH]c12. The fraction of sp³-hybridized carbons (Fsp3) is 0.222. The molecule has 0 bridgehead atoms. The highest BCUT2D eigenvalue weighted by atomic mass is 35.5. The summed E-state index contributed by atoms with van der Waals surface area (Å²) in [5.74, 6) is -0.839. The van der Waals surface area contributed by atoms with E-state index in [0.717, 1.165) is 40.1 Å². The van der Waals surface area contributed by atoms with Gasteiger partial charge in [0.15, 0.2) is 0 Å². The van der Waals surface area contributed by atoms with E-state index >= 15 is 0 Å². The van der Waals surface area contributed by atoms with Crippen LogP contribution in [0.2, 0.25) is 5.02 Å². The second-order valence-corrected chi connectivity index (χ2v) is 8.60. The molecule has 1 atom stereocenters. The number of amides is 1. The molecule has 3 aromatic carbocycles. The van der Waals surface area contributed by atoms with Crippen molar-refractivity contribution in [1.29, 1.82) is 0 Å². The molecule has 0 fully saturated rings. The number of H-pyrrole nitrogens is 1. The first kappa shape index (κ1) is 23.9. The van der Waals surface area contributed by atoms with Crippen LogP contribution in [0, 0.1) is 0 Å². The van der Waals surface area contributed by atoms with E-state index in [9.17, 15) is 18.0 Å². The zero-order valence-electron chi connectivity index (χ0n) is 18.5. The van der Waals surface area contributed by atoms with E-state index in [2.05, 4.69) is 10.3 Å². The number of halogens is 4. The Labute approximate surface area is 201 Å². The van der Waals surface area contributed by atoms with Gasteiger partial charge in [-0.3, -0.25) is 4.79 Å². The monoisotopic (exact) mass is 484 g/mol. The van der Waals surface area contributed by atoms with Gasteiger partial charge in [-0.25, -0.2) is 0 Å². The molecule has 7 heteroatoms. The quantitative estimate of drug-likeness (QED) is 0.285. The number of aromatic amines is 1. The first-order valence-electron chi connectivity index (χ1n) is 11.0. The van der Waals surface area contributed by atoms with Gasteiger partial charge >= 0.3 is 6.18 Å². The highest BCUT2D eigenvalue weighted by Crippen LogP contribution is 2.40. The molecule has 1 aromatic heterocycles. The van der Waals surface area contributed by atoms with Crippen molar-refractivity contribution >= 4 is 28.4 Å². The molecule has 176 valence electrons. The van der Waals surface area contributed by atoms with Crippen LogP contribution in [-0.4, -0.2) is 10.9 Å². The predicted octanol–water partition coefficient (Wildman–Crippen LogP) is 7.24. The Kier molecular flexibility index (Phi) is 6.98. The molecule has 0 saturated heterocycles. The summed E-state index contributed by atoms with van der Waals surface area (Å²) in [7, 11) is 0. The third-order valence-corrected chi connectivity index (χ3v) is 6.34. The fourth-order valence-corrected chi connectivity index (χ4v) is 4.48. The van der Waals surface area contributed by atoms with Crippen molar-refractivity contribution in [3.05, 3.63) is 106 Å². The Bertz CT molecular complexity index is 1300. The van der Waals surface area contributed by atoms with Crippen molar-refractivity contribution in [3.8, 4) is 0 Å². The largest absolute Gasteiger partial charge is 0.417 e. The van der Waals surface area contributed by atoms with Crippen molar-refractivity contribution in [2.75, 3.05) is 0 Å². The maximum absolute atomic E-state index is 13.6. The number of aromatic nitrogens is 1. The first-order valence-corrected chi connectivity index (χ1v) is 11.4. The average molecular weight is 485 g/mol. The molecule has 4 rings (SSSR count). The minimum Gasteiger partial charge on any atom is -0.361 e. The highest BCUT2D eigenvalue weighted by Gasteiger charge is 2.34. The van der Waals surface area contributed by atoms with Crippen LogP contribution in [0.4, 0.5) is 13.2 Å². The number of hydrogen-bond donors (Lipinski definition) is 2. The number of fused-ring (bicyclic) bond motifs is 1. The van der Waals surface area contributed by atoms with Gasteiger partial charge in [0, 0.05) is 36.0 Å². The molecule has 0 aliphatic heterocycles. The number of para-hydroxylation sites is 1. The van der Waals surface area contributed by atoms with Gasteiger partial charge in [0.05, 0.1) is 10.6 Å². The second-order valence-electron chi connectivity index (χ2n) is 8.19. The molecule has 2 N–H and O–H groups in total.